The lowest BCUT2D eigenvalue weighted by atomic mass is 10.1. The highest BCUT2D eigenvalue weighted by Crippen LogP contribution is 2.25. The molecule has 0 aliphatic carbocycles. The number of carbonyl (C=O) groups is 1. The second-order valence-corrected chi connectivity index (χ2v) is 5.37. The third-order valence-electron chi connectivity index (χ3n) is 3.67. The molecule has 0 fully saturated rings. The minimum Gasteiger partial charge on any atom is -0.496 e. The molecule has 0 spiro atoms. The van der Waals surface area contributed by atoms with Gasteiger partial charge in [-0.1, -0.05) is 47.6 Å². The number of hydrogen-bond donors (Lipinski definition) is 2. The summed E-state index contributed by atoms with van der Waals surface area (Å²) in [7, 11) is 1.54. The molecular formula is C19H18N2O3. The first-order valence-corrected chi connectivity index (χ1v) is 7.53. The van der Waals surface area contributed by atoms with E-state index in [1.165, 1.54) is 7.11 Å². The SMILES string of the molecule is COc1cc2ccccc2cc1C(=O)NNOc1ccc(C)cc1. The third kappa shape index (κ3) is 3.47. The summed E-state index contributed by atoms with van der Waals surface area (Å²) < 4.78 is 5.32. The van der Waals surface area contributed by atoms with Crippen LogP contribution in [-0.2, 0) is 0 Å². The molecule has 24 heavy (non-hydrogen) atoms. The molecule has 1 amide bonds. The Morgan fingerprint density at radius 3 is 2.29 bits per heavy atom. The molecule has 5 nitrogen and oxygen atoms in total. The van der Waals surface area contributed by atoms with Gasteiger partial charge in [0, 0.05) is 0 Å². The second kappa shape index (κ2) is 7.02. The van der Waals surface area contributed by atoms with Crippen LogP contribution < -0.4 is 20.6 Å². The highest BCUT2D eigenvalue weighted by atomic mass is 16.7. The van der Waals surface area contributed by atoms with Crippen molar-refractivity contribution in [1.29, 1.82) is 0 Å². The Hall–Kier alpha value is -3.05. The summed E-state index contributed by atoms with van der Waals surface area (Å²) in [5, 5.41) is 1.97. The predicted molar refractivity (Wildman–Crippen MR) is 92.9 cm³/mol. The molecule has 3 rings (SSSR count). The highest BCUT2D eigenvalue weighted by molar-refractivity contribution is 6.01. The van der Waals surface area contributed by atoms with Crippen LogP contribution in [0.5, 0.6) is 11.5 Å². The van der Waals surface area contributed by atoms with Crippen LogP contribution in [0.2, 0.25) is 0 Å². The summed E-state index contributed by atoms with van der Waals surface area (Å²) in [6, 6.07) is 18.9. The number of rotatable bonds is 5. The van der Waals surface area contributed by atoms with Crippen LogP contribution in [0.3, 0.4) is 0 Å². The fourth-order valence-electron chi connectivity index (χ4n) is 2.37. The number of fused-ring (bicyclic) bond motifs is 1. The first-order valence-electron chi connectivity index (χ1n) is 7.53. The number of methoxy groups -OCH3 is 1. The normalized spacial score (nSPS) is 10.4. The molecule has 0 bridgehead atoms. The number of benzene rings is 3. The maximum atomic E-state index is 12.4. The first kappa shape index (κ1) is 15.8. The smallest absolute Gasteiger partial charge is 0.271 e. The topological polar surface area (TPSA) is 59.6 Å². The Labute approximate surface area is 140 Å². The van der Waals surface area contributed by atoms with Gasteiger partial charge in [0.05, 0.1) is 12.7 Å². The predicted octanol–water partition coefficient (Wildman–Crippen LogP) is 3.39. The summed E-state index contributed by atoms with van der Waals surface area (Å²) >= 11 is 0. The van der Waals surface area contributed by atoms with Crippen molar-refractivity contribution in [2.45, 2.75) is 6.92 Å². The minimum absolute atomic E-state index is 0.343. The maximum Gasteiger partial charge on any atom is 0.271 e. The first-order chi connectivity index (χ1) is 11.7. The Kier molecular flexibility index (Phi) is 4.63. The molecule has 3 aromatic rings. The zero-order chi connectivity index (χ0) is 16.9. The molecule has 3 aromatic carbocycles. The lowest BCUT2D eigenvalue weighted by Crippen LogP contribution is -2.39. The average Bonchev–Trinajstić information content (AvgIpc) is 2.62. The van der Waals surface area contributed by atoms with Gasteiger partial charge in [-0.2, -0.15) is 0 Å². The number of amides is 1. The molecule has 0 aromatic heterocycles. The molecule has 0 radical (unpaired) electrons. The zero-order valence-corrected chi connectivity index (χ0v) is 13.5. The van der Waals surface area contributed by atoms with E-state index in [2.05, 4.69) is 11.0 Å². The summed E-state index contributed by atoms with van der Waals surface area (Å²) in [6.45, 7) is 1.99. The number of hydrazine groups is 1. The molecule has 0 aliphatic heterocycles. The molecule has 122 valence electrons. The van der Waals surface area contributed by atoms with Gasteiger partial charge in [-0.05, 0) is 42.0 Å². The van der Waals surface area contributed by atoms with E-state index in [9.17, 15) is 4.79 Å². The molecule has 0 aliphatic rings. The van der Waals surface area contributed by atoms with Gasteiger partial charge in [-0.25, -0.2) is 0 Å². The van der Waals surface area contributed by atoms with E-state index in [0.717, 1.165) is 16.3 Å². The largest absolute Gasteiger partial charge is 0.496 e. The number of ether oxygens (including phenoxy) is 1. The van der Waals surface area contributed by atoms with Gasteiger partial charge in [0.15, 0.2) is 0 Å². The molecular weight excluding hydrogens is 304 g/mol. The van der Waals surface area contributed by atoms with E-state index in [4.69, 9.17) is 9.57 Å². The van der Waals surface area contributed by atoms with Crippen molar-refractivity contribution in [2.24, 2.45) is 0 Å². The average molecular weight is 322 g/mol. The molecule has 0 atom stereocenters. The van der Waals surface area contributed by atoms with Crippen molar-refractivity contribution in [3.63, 3.8) is 0 Å². The monoisotopic (exact) mass is 322 g/mol. The fourth-order valence-corrected chi connectivity index (χ4v) is 2.37. The Balaban J connectivity index is 1.72. The van der Waals surface area contributed by atoms with Gasteiger partial charge in [0.2, 0.25) is 0 Å². The quantitative estimate of drug-likeness (QED) is 0.707. The van der Waals surface area contributed by atoms with Crippen LogP contribution in [0.1, 0.15) is 15.9 Å². The summed E-state index contributed by atoms with van der Waals surface area (Å²) in [5.41, 5.74) is 6.53. The Bertz CT molecular complexity index is 860. The molecule has 0 unspecified atom stereocenters. The van der Waals surface area contributed by atoms with Gasteiger partial charge in [-0.15, -0.1) is 0 Å². The lowest BCUT2D eigenvalue weighted by Gasteiger charge is -2.12. The summed E-state index contributed by atoms with van der Waals surface area (Å²) in [4.78, 5) is 17.7. The van der Waals surface area contributed by atoms with Crippen molar-refractivity contribution < 1.29 is 14.4 Å². The van der Waals surface area contributed by atoms with Crippen molar-refractivity contribution in [3.05, 3.63) is 71.8 Å². The molecule has 5 heteroatoms. The lowest BCUT2D eigenvalue weighted by molar-refractivity contribution is 0.0791. The molecule has 0 saturated carbocycles. The van der Waals surface area contributed by atoms with Gasteiger partial charge in [-0.3, -0.25) is 10.2 Å². The van der Waals surface area contributed by atoms with Crippen LogP contribution in [0, 0.1) is 6.92 Å². The van der Waals surface area contributed by atoms with Gasteiger partial charge >= 0.3 is 0 Å². The highest BCUT2D eigenvalue weighted by Gasteiger charge is 2.13. The van der Waals surface area contributed by atoms with Crippen LogP contribution in [0.4, 0.5) is 0 Å². The van der Waals surface area contributed by atoms with Crippen LogP contribution >= 0.6 is 0 Å². The van der Waals surface area contributed by atoms with E-state index in [0.29, 0.717) is 17.1 Å². The summed E-state index contributed by atoms with van der Waals surface area (Å²) in [5.74, 6) is 0.763. The molecule has 2 N–H and O–H groups in total. The van der Waals surface area contributed by atoms with Crippen LogP contribution in [-0.4, -0.2) is 13.0 Å². The Morgan fingerprint density at radius 1 is 0.958 bits per heavy atom. The number of aryl methyl sites for hydroxylation is 1. The van der Waals surface area contributed by atoms with Gasteiger partial charge < -0.3 is 9.57 Å². The van der Waals surface area contributed by atoms with Crippen molar-refractivity contribution >= 4 is 16.7 Å². The minimum atomic E-state index is -0.343. The zero-order valence-electron chi connectivity index (χ0n) is 13.5. The van der Waals surface area contributed by atoms with E-state index >= 15 is 0 Å². The molecule has 0 heterocycles. The van der Waals surface area contributed by atoms with E-state index in [1.54, 1.807) is 6.07 Å². The number of hydrogen-bond acceptors (Lipinski definition) is 4. The number of carbonyl (C=O) groups excluding carboxylic acids is 1. The van der Waals surface area contributed by atoms with E-state index < -0.39 is 0 Å². The van der Waals surface area contributed by atoms with Crippen LogP contribution in [0.15, 0.2) is 60.7 Å². The van der Waals surface area contributed by atoms with Crippen molar-refractivity contribution in [2.75, 3.05) is 7.11 Å². The Morgan fingerprint density at radius 2 is 1.62 bits per heavy atom. The standard InChI is InChI=1S/C19H18N2O3/c1-13-7-9-16(10-8-13)24-21-20-19(22)17-11-14-5-3-4-6-15(14)12-18(17)23-2/h3-12,21H,1-2H3,(H,20,22). The summed E-state index contributed by atoms with van der Waals surface area (Å²) in [6.07, 6.45) is 0. The van der Waals surface area contributed by atoms with Crippen molar-refractivity contribution in [3.8, 4) is 11.5 Å². The van der Waals surface area contributed by atoms with Crippen LogP contribution in [0.25, 0.3) is 10.8 Å². The maximum absolute atomic E-state index is 12.4. The van der Waals surface area contributed by atoms with Gasteiger partial charge in [0.1, 0.15) is 11.5 Å². The van der Waals surface area contributed by atoms with Crippen molar-refractivity contribution in [1.82, 2.24) is 11.0 Å². The fraction of sp³-hybridized carbons (Fsp3) is 0.105. The third-order valence-corrected chi connectivity index (χ3v) is 3.67. The second-order valence-electron chi connectivity index (χ2n) is 5.37. The van der Waals surface area contributed by atoms with E-state index in [-0.39, 0.29) is 5.91 Å². The number of nitrogens with one attached hydrogen (secondary N) is 2. The molecule has 0 saturated heterocycles. The van der Waals surface area contributed by atoms with Gasteiger partial charge in [0.25, 0.3) is 5.91 Å². The van der Waals surface area contributed by atoms with E-state index in [1.807, 2.05) is 61.5 Å².